The van der Waals surface area contributed by atoms with E-state index in [0.29, 0.717) is 26.1 Å². The number of nitrogens with zero attached hydrogens (tertiary/aromatic N) is 5. The van der Waals surface area contributed by atoms with Crippen LogP contribution in [0.5, 0.6) is 0 Å². The molecule has 1 N–H and O–H groups in total. The van der Waals surface area contributed by atoms with Crippen molar-refractivity contribution in [2.24, 2.45) is 0 Å². The topological polar surface area (TPSA) is 88.5 Å². The van der Waals surface area contributed by atoms with Crippen LogP contribution in [0.15, 0.2) is 73.5 Å². The SMILES string of the molecule is N#CCCn1cc(/C=C/C(=O)NCc2cccc(Cn3cncn3)c2)c2ccccc21. The first kappa shape index (κ1) is 20.1. The monoisotopic (exact) mass is 410 g/mol. The summed E-state index contributed by atoms with van der Waals surface area (Å²) in [5.74, 6) is -0.157. The summed E-state index contributed by atoms with van der Waals surface area (Å²) in [6.07, 6.45) is 8.99. The molecule has 7 nitrogen and oxygen atoms in total. The molecule has 1 amide bonds. The standard InChI is InChI=1S/C24H22N6O/c25-11-4-12-29-16-21(22-7-1-2-8-23(22)29)9-10-24(31)27-14-19-5-3-6-20(13-19)15-30-18-26-17-28-30/h1-3,5-10,13,16-18H,4,12,14-15H2,(H,27,31)/b10-9+. The normalized spacial score (nSPS) is 11.1. The lowest BCUT2D eigenvalue weighted by atomic mass is 10.1. The summed E-state index contributed by atoms with van der Waals surface area (Å²) in [6.45, 7) is 1.71. The number of rotatable bonds is 8. The van der Waals surface area contributed by atoms with E-state index in [1.807, 2.05) is 54.7 Å². The highest BCUT2D eigenvalue weighted by atomic mass is 16.1. The molecule has 0 unspecified atom stereocenters. The highest BCUT2D eigenvalue weighted by molar-refractivity contribution is 5.96. The predicted molar refractivity (Wildman–Crippen MR) is 119 cm³/mol. The molecule has 0 saturated heterocycles. The number of fused-ring (bicyclic) bond motifs is 1. The summed E-state index contributed by atoms with van der Waals surface area (Å²) in [5, 5.41) is 17.0. The Morgan fingerprint density at radius 3 is 2.87 bits per heavy atom. The maximum atomic E-state index is 12.4. The maximum absolute atomic E-state index is 12.4. The van der Waals surface area contributed by atoms with Crippen molar-refractivity contribution in [1.29, 1.82) is 5.26 Å². The van der Waals surface area contributed by atoms with E-state index in [-0.39, 0.29) is 5.91 Å². The lowest BCUT2D eigenvalue weighted by Gasteiger charge is -2.06. The molecule has 0 atom stereocenters. The quantitative estimate of drug-likeness (QED) is 0.450. The van der Waals surface area contributed by atoms with Crippen LogP contribution in [0.2, 0.25) is 0 Å². The Kier molecular flexibility index (Phi) is 6.19. The number of carbonyl (C=O) groups excluding carboxylic acids is 1. The molecule has 0 bridgehead atoms. The Morgan fingerprint density at radius 1 is 1.16 bits per heavy atom. The molecular formula is C24H22N6O. The van der Waals surface area contributed by atoms with Gasteiger partial charge in [0.25, 0.3) is 0 Å². The van der Waals surface area contributed by atoms with Gasteiger partial charge >= 0.3 is 0 Å². The zero-order chi connectivity index (χ0) is 21.5. The number of aryl methyl sites for hydroxylation is 1. The summed E-state index contributed by atoms with van der Waals surface area (Å²) >= 11 is 0. The summed E-state index contributed by atoms with van der Waals surface area (Å²) in [6, 6.07) is 18.2. The van der Waals surface area contributed by atoms with Crippen molar-refractivity contribution >= 4 is 22.9 Å². The predicted octanol–water partition coefficient (Wildman–Crippen LogP) is 3.52. The van der Waals surface area contributed by atoms with Crippen LogP contribution in [0.3, 0.4) is 0 Å². The first-order valence-electron chi connectivity index (χ1n) is 10.0. The van der Waals surface area contributed by atoms with E-state index in [2.05, 4.69) is 32.1 Å². The fourth-order valence-corrected chi connectivity index (χ4v) is 3.52. The minimum absolute atomic E-state index is 0.157. The van der Waals surface area contributed by atoms with Gasteiger partial charge in [-0.05, 0) is 23.3 Å². The maximum Gasteiger partial charge on any atom is 0.244 e. The van der Waals surface area contributed by atoms with Crippen LogP contribution >= 0.6 is 0 Å². The molecule has 0 aliphatic rings. The van der Waals surface area contributed by atoms with Gasteiger partial charge in [-0.2, -0.15) is 10.4 Å². The fourth-order valence-electron chi connectivity index (χ4n) is 3.52. The highest BCUT2D eigenvalue weighted by Crippen LogP contribution is 2.22. The molecule has 0 fully saturated rings. The number of aromatic nitrogens is 4. The Morgan fingerprint density at radius 2 is 2.03 bits per heavy atom. The summed E-state index contributed by atoms with van der Waals surface area (Å²) in [7, 11) is 0. The van der Waals surface area contributed by atoms with Gasteiger partial charge in [-0.15, -0.1) is 0 Å². The van der Waals surface area contributed by atoms with Crippen molar-refractivity contribution in [1.82, 2.24) is 24.6 Å². The van der Waals surface area contributed by atoms with Gasteiger partial charge in [0.05, 0.1) is 19.0 Å². The number of benzene rings is 2. The highest BCUT2D eigenvalue weighted by Gasteiger charge is 2.06. The lowest BCUT2D eigenvalue weighted by Crippen LogP contribution is -2.20. The first-order valence-corrected chi connectivity index (χ1v) is 10.0. The largest absolute Gasteiger partial charge is 0.348 e. The summed E-state index contributed by atoms with van der Waals surface area (Å²) in [4.78, 5) is 16.3. The van der Waals surface area contributed by atoms with Crippen molar-refractivity contribution in [3.63, 3.8) is 0 Å². The van der Waals surface area contributed by atoms with Crippen LogP contribution in [0.4, 0.5) is 0 Å². The third-order valence-corrected chi connectivity index (χ3v) is 4.97. The van der Waals surface area contributed by atoms with E-state index in [4.69, 9.17) is 5.26 Å². The fraction of sp³-hybridized carbons (Fsp3) is 0.167. The molecule has 0 saturated carbocycles. The van der Waals surface area contributed by atoms with Crippen molar-refractivity contribution in [3.05, 3.63) is 90.1 Å². The smallest absolute Gasteiger partial charge is 0.244 e. The van der Waals surface area contributed by atoms with Crippen LogP contribution in [0, 0.1) is 11.3 Å². The molecule has 2 aromatic heterocycles. The van der Waals surface area contributed by atoms with E-state index in [1.165, 1.54) is 6.33 Å². The Balaban J connectivity index is 1.40. The number of hydrogen-bond donors (Lipinski definition) is 1. The van der Waals surface area contributed by atoms with Crippen LogP contribution in [-0.4, -0.2) is 25.2 Å². The van der Waals surface area contributed by atoms with Gasteiger partial charge in [-0.25, -0.2) is 9.67 Å². The molecule has 0 aliphatic heterocycles. The zero-order valence-corrected chi connectivity index (χ0v) is 17.0. The van der Waals surface area contributed by atoms with Gasteiger partial charge < -0.3 is 9.88 Å². The number of carbonyl (C=O) groups is 1. The molecule has 154 valence electrons. The molecule has 4 aromatic rings. The Labute approximate surface area is 180 Å². The second-order valence-corrected chi connectivity index (χ2v) is 7.17. The van der Waals surface area contributed by atoms with E-state index >= 15 is 0 Å². The van der Waals surface area contributed by atoms with Crippen LogP contribution in [0.25, 0.3) is 17.0 Å². The number of para-hydroxylation sites is 1. The molecule has 0 radical (unpaired) electrons. The number of nitriles is 1. The number of hydrogen-bond acceptors (Lipinski definition) is 4. The minimum Gasteiger partial charge on any atom is -0.348 e. The second-order valence-electron chi connectivity index (χ2n) is 7.17. The molecule has 0 aliphatic carbocycles. The Bertz CT molecular complexity index is 1250. The third kappa shape index (κ3) is 5.06. The van der Waals surface area contributed by atoms with Crippen LogP contribution in [0.1, 0.15) is 23.1 Å². The van der Waals surface area contributed by atoms with Crippen molar-refractivity contribution < 1.29 is 4.79 Å². The van der Waals surface area contributed by atoms with Crippen LogP contribution in [-0.2, 0) is 24.4 Å². The molecule has 2 heterocycles. The number of nitrogens with one attached hydrogen (secondary N) is 1. The average molecular weight is 410 g/mol. The molecule has 31 heavy (non-hydrogen) atoms. The van der Waals surface area contributed by atoms with Gasteiger partial charge in [0.2, 0.25) is 5.91 Å². The second kappa shape index (κ2) is 9.55. The Hall–Kier alpha value is -4.18. The van der Waals surface area contributed by atoms with Gasteiger partial charge in [-0.3, -0.25) is 4.79 Å². The first-order chi connectivity index (χ1) is 15.2. The molecule has 4 rings (SSSR count). The van der Waals surface area contributed by atoms with E-state index in [9.17, 15) is 4.79 Å². The van der Waals surface area contributed by atoms with Gasteiger partial charge in [0, 0.05) is 41.8 Å². The van der Waals surface area contributed by atoms with Crippen molar-refractivity contribution in [2.75, 3.05) is 0 Å². The minimum atomic E-state index is -0.157. The van der Waals surface area contributed by atoms with Gasteiger partial charge in [0.15, 0.2) is 0 Å². The van der Waals surface area contributed by atoms with E-state index < -0.39 is 0 Å². The molecule has 0 spiro atoms. The molecular weight excluding hydrogens is 388 g/mol. The van der Waals surface area contributed by atoms with Gasteiger partial charge in [-0.1, -0.05) is 42.5 Å². The van der Waals surface area contributed by atoms with E-state index in [0.717, 1.165) is 27.6 Å². The molecule has 2 aromatic carbocycles. The van der Waals surface area contributed by atoms with Gasteiger partial charge in [0.1, 0.15) is 12.7 Å². The van der Waals surface area contributed by atoms with Crippen molar-refractivity contribution in [3.8, 4) is 6.07 Å². The zero-order valence-electron chi connectivity index (χ0n) is 17.0. The third-order valence-electron chi connectivity index (χ3n) is 4.97. The summed E-state index contributed by atoms with van der Waals surface area (Å²) in [5.41, 5.74) is 4.13. The summed E-state index contributed by atoms with van der Waals surface area (Å²) < 4.78 is 3.81. The average Bonchev–Trinajstić information content (AvgIpc) is 3.43. The number of amides is 1. The molecule has 7 heteroatoms. The van der Waals surface area contributed by atoms with Crippen molar-refractivity contribution in [2.45, 2.75) is 26.1 Å². The van der Waals surface area contributed by atoms with Crippen LogP contribution < -0.4 is 5.32 Å². The van der Waals surface area contributed by atoms with E-state index in [1.54, 1.807) is 17.1 Å². The lowest BCUT2D eigenvalue weighted by molar-refractivity contribution is -0.116.